The summed E-state index contributed by atoms with van der Waals surface area (Å²) >= 11 is 1.57. The third kappa shape index (κ3) is 3.51. The van der Waals surface area contributed by atoms with Crippen LogP contribution in [0.2, 0.25) is 0 Å². The van der Waals surface area contributed by atoms with Gasteiger partial charge < -0.3 is 9.15 Å². The van der Waals surface area contributed by atoms with Crippen LogP contribution >= 0.6 is 11.8 Å². The van der Waals surface area contributed by atoms with E-state index >= 15 is 0 Å². The molecule has 1 aromatic carbocycles. The van der Waals surface area contributed by atoms with Gasteiger partial charge in [0.25, 0.3) is 0 Å². The van der Waals surface area contributed by atoms with Gasteiger partial charge in [-0.15, -0.1) is 10.2 Å². The summed E-state index contributed by atoms with van der Waals surface area (Å²) < 4.78 is 12.8. The maximum atomic E-state index is 12.0. The van der Waals surface area contributed by atoms with Crippen molar-refractivity contribution >= 4 is 22.7 Å². The quantitative estimate of drug-likeness (QED) is 0.352. The normalized spacial score (nSPS) is 13.7. The number of pyridine rings is 1. The molecular formula is C21H18N4O3S. The fourth-order valence-corrected chi connectivity index (χ4v) is 4.32. The van der Waals surface area contributed by atoms with Gasteiger partial charge in [0.2, 0.25) is 0 Å². The standard InChI is InChI=1S/C21H18N4O3S/c1-27-16-6-7-17-14(9-19(26)28-18(17)10-16)12-29-21-24-23-20(25(21)15-4-5-15)13-3-2-8-22-11-13/h2-3,6-11,15H,4-5,12H2,1H3. The average molecular weight is 406 g/mol. The first kappa shape index (κ1) is 17.9. The summed E-state index contributed by atoms with van der Waals surface area (Å²) in [5.74, 6) is 2.08. The Bertz CT molecular complexity index is 1230. The van der Waals surface area contributed by atoms with Crippen LogP contribution in [-0.2, 0) is 5.75 Å². The Kier molecular flexibility index (Phi) is 4.55. The van der Waals surface area contributed by atoms with Crippen LogP contribution in [-0.4, -0.2) is 26.9 Å². The summed E-state index contributed by atoms with van der Waals surface area (Å²) in [5.41, 5.74) is 2.00. The fourth-order valence-electron chi connectivity index (χ4n) is 3.33. The number of nitrogens with zero attached hydrogens (tertiary/aromatic N) is 4. The molecule has 7 nitrogen and oxygen atoms in total. The Morgan fingerprint density at radius 3 is 2.90 bits per heavy atom. The SMILES string of the molecule is COc1ccc2c(CSc3nnc(-c4cccnc4)n3C3CC3)cc(=O)oc2c1. The minimum Gasteiger partial charge on any atom is -0.497 e. The van der Waals surface area contributed by atoms with Crippen molar-refractivity contribution in [3.05, 3.63) is 64.8 Å². The van der Waals surface area contributed by atoms with Crippen molar-refractivity contribution in [3.8, 4) is 17.1 Å². The molecule has 1 fully saturated rings. The first-order valence-corrected chi connectivity index (χ1v) is 10.3. The molecule has 3 aromatic heterocycles. The van der Waals surface area contributed by atoms with E-state index in [2.05, 4.69) is 19.7 Å². The van der Waals surface area contributed by atoms with Crippen LogP contribution in [0.5, 0.6) is 5.75 Å². The van der Waals surface area contributed by atoms with Crippen molar-refractivity contribution < 1.29 is 9.15 Å². The average Bonchev–Trinajstić information content (AvgIpc) is 3.50. The van der Waals surface area contributed by atoms with Gasteiger partial charge >= 0.3 is 5.63 Å². The van der Waals surface area contributed by atoms with Gasteiger partial charge in [0, 0.05) is 47.3 Å². The van der Waals surface area contributed by atoms with E-state index in [4.69, 9.17) is 9.15 Å². The molecule has 0 N–H and O–H groups in total. The molecule has 1 saturated carbocycles. The lowest BCUT2D eigenvalue weighted by molar-refractivity contribution is 0.414. The van der Waals surface area contributed by atoms with Gasteiger partial charge in [-0.2, -0.15) is 0 Å². The number of rotatable bonds is 6. The lowest BCUT2D eigenvalue weighted by atomic mass is 10.1. The number of fused-ring (bicyclic) bond motifs is 1. The third-order valence-electron chi connectivity index (χ3n) is 4.89. The zero-order valence-corrected chi connectivity index (χ0v) is 16.6. The summed E-state index contributed by atoms with van der Waals surface area (Å²) in [4.78, 5) is 16.2. The van der Waals surface area contributed by atoms with Gasteiger partial charge in [-0.3, -0.25) is 9.55 Å². The van der Waals surface area contributed by atoms with Crippen molar-refractivity contribution in [2.75, 3.05) is 7.11 Å². The van der Waals surface area contributed by atoms with Crippen molar-refractivity contribution in [2.45, 2.75) is 29.8 Å². The van der Waals surface area contributed by atoms with Crippen LogP contribution in [0.1, 0.15) is 24.4 Å². The Morgan fingerprint density at radius 1 is 1.24 bits per heavy atom. The Morgan fingerprint density at radius 2 is 2.14 bits per heavy atom. The Hall–Kier alpha value is -3.13. The van der Waals surface area contributed by atoms with Gasteiger partial charge in [-0.25, -0.2) is 4.79 Å². The third-order valence-corrected chi connectivity index (χ3v) is 5.88. The second-order valence-electron chi connectivity index (χ2n) is 6.89. The molecule has 4 aromatic rings. The molecule has 0 spiro atoms. The molecule has 5 rings (SSSR count). The number of hydrogen-bond donors (Lipinski definition) is 0. The molecule has 0 atom stereocenters. The van der Waals surface area contributed by atoms with Crippen molar-refractivity contribution in [3.63, 3.8) is 0 Å². The van der Waals surface area contributed by atoms with E-state index in [1.54, 1.807) is 43.4 Å². The van der Waals surface area contributed by atoms with Gasteiger partial charge in [0.05, 0.1) is 7.11 Å². The highest BCUT2D eigenvalue weighted by atomic mass is 32.2. The molecule has 29 heavy (non-hydrogen) atoms. The van der Waals surface area contributed by atoms with E-state index in [1.165, 1.54) is 0 Å². The number of hydrogen-bond acceptors (Lipinski definition) is 7. The van der Waals surface area contributed by atoms with Gasteiger partial charge in [0.15, 0.2) is 11.0 Å². The Labute approximate surface area is 170 Å². The largest absolute Gasteiger partial charge is 0.497 e. The van der Waals surface area contributed by atoms with Crippen molar-refractivity contribution in [1.29, 1.82) is 0 Å². The fraction of sp³-hybridized carbons (Fsp3) is 0.238. The first-order chi connectivity index (χ1) is 14.2. The molecule has 146 valence electrons. The monoisotopic (exact) mass is 406 g/mol. The maximum Gasteiger partial charge on any atom is 0.336 e. The van der Waals surface area contributed by atoms with Crippen LogP contribution in [0.3, 0.4) is 0 Å². The van der Waals surface area contributed by atoms with Crippen LogP contribution < -0.4 is 10.4 Å². The molecular weight excluding hydrogens is 388 g/mol. The van der Waals surface area contributed by atoms with Crippen LogP contribution in [0, 0.1) is 0 Å². The number of aromatic nitrogens is 4. The summed E-state index contributed by atoms with van der Waals surface area (Å²) in [5, 5.41) is 10.6. The molecule has 0 aliphatic heterocycles. The molecule has 8 heteroatoms. The molecule has 0 unspecified atom stereocenters. The second kappa shape index (κ2) is 7.36. The zero-order valence-electron chi connectivity index (χ0n) is 15.7. The van der Waals surface area contributed by atoms with Gasteiger partial charge in [0.1, 0.15) is 11.3 Å². The summed E-state index contributed by atoms with van der Waals surface area (Å²) in [7, 11) is 1.59. The second-order valence-corrected chi connectivity index (χ2v) is 7.83. The lowest BCUT2D eigenvalue weighted by Crippen LogP contribution is -2.02. The highest BCUT2D eigenvalue weighted by Crippen LogP contribution is 2.41. The smallest absolute Gasteiger partial charge is 0.336 e. The highest BCUT2D eigenvalue weighted by Gasteiger charge is 2.30. The number of ether oxygens (including phenoxy) is 1. The summed E-state index contributed by atoms with van der Waals surface area (Å²) in [6.45, 7) is 0. The maximum absolute atomic E-state index is 12.0. The molecule has 0 bridgehead atoms. The minimum atomic E-state index is -0.374. The van der Waals surface area contributed by atoms with Crippen LogP contribution in [0.25, 0.3) is 22.4 Å². The van der Waals surface area contributed by atoms with E-state index in [0.717, 1.165) is 40.3 Å². The predicted molar refractivity (Wildman–Crippen MR) is 110 cm³/mol. The lowest BCUT2D eigenvalue weighted by Gasteiger charge is -2.09. The molecule has 1 aliphatic carbocycles. The van der Waals surface area contributed by atoms with Gasteiger partial charge in [-0.05, 0) is 42.7 Å². The molecule has 1 aliphatic rings. The van der Waals surface area contributed by atoms with E-state index in [9.17, 15) is 4.79 Å². The highest BCUT2D eigenvalue weighted by molar-refractivity contribution is 7.98. The van der Waals surface area contributed by atoms with Crippen molar-refractivity contribution in [2.24, 2.45) is 0 Å². The van der Waals surface area contributed by atoms with Crippen LogP contribution in [0.4, 0.5) is 0 Å². The van der Waals surface area contributed by atoms with E-state index in [0.29, 0.717) is 23.1 Å². The number of thioether (sulfide) groups is 1. The van der Waals surface area contributed by atoms with E-state index in [-0.39, 0.29) is 5.63 Å². The zero-order chi connectivity index (χ0) is 19.8. The minimum absolute atomic E-state index is 0.374. The van der Waals surface area contributed by atoms with Crippen molar-refractivity contribution in [1.82, 2.24) is 19.7 Å². The molecule has 0 radical (unpaired) electrons. The van der Waals surface area contributed by atoms with E-state index < -0.39 is 0 Å². The predicted octanol–water partition coefficient (Wildman–Crippen LogP) is 4.08. The summed E-state index contributed by atoms with van der Waals surface area (Å²) in [6, 6.07) is 11.4. The summed E-state index contributed by atoms with van der Waals surface area (Å²) in [6.07, 6.45) is 5.80. The Balaban J connectivity index is 1.48. The van der Waals surface area contributed by atoms with Crippen LogP contribution in [0.15, 0.2) is 63.2 Å². The number of benzene rings is 1. The first-order valence-electron chi connectivity index (χ1n) is 9.32. The number of methoxy groups -OCH3 is 1. The van der Waals surface area contributed by atoms with E-state index in [1.807, 2.05) is 24.3 Å². The molecule has 0 amide bonds. The van der Waals surface area contributed by atoms with Gasteiger partial charge in [-0.1, -0.05) is 11.8 Å². The topological polar surface area (TPSA) is 83.0 Å². The molecule has 3 heterocycles. The molecule has 0 saturated heterocycles.